The van der Waals surface area contributed by atoms with E-state index in [1.807, 2.05) is 0 Å². The number of carbonyl (C=O) groups excluding carboxylic acids is 1. The molecule has 1 amide bonds. The van der Waals surface area contributed by atoms with E-state index >= 15 is 0 Å². The monoisotopic (exact) mass is 290 g/mol. The van der Waals surface area contributed by atoms with Gasteiger partial charge in [-0.3, -0.25) is 14.9 Å². The van der Waals surface area contributed by atoms with E-state index < -0.39 is 11.0 Å². The number of nitrogens with zero attached hydrogens (tertiary/aromatic N) is 2. The van der Waals surface area contributed by atoms with Gasteiger partial charge in [0, 0.05) is 19.2 Å². The van der Waals surface area contributed by atoms with Crippen LogP contribution in [0.25, 0.3) is 0 Å². The lowest BCUT2D eigenvalue weighted by Gasteiger charge is -2.29. The average Bonchev–Trinajstić information content (AvgIpc) is 2.70. The number of carbonyl (C=O) groups is 1. The van der Waals surface area contributed by atoms with Crippen molar-refractivity contribution in [3.05, 3.63) is 25.4 Å². The predicted octanol–water partition coefficient (Wildman–Crippen LogP) is 1.91. The van der Waals surface area contributed by atoms with Crippen LogP contribution >= 0.6 is 22.9 Å². The van der Waals surface area contributed by atoms with Crippen LogP contribution in [0.2, 0.25) is 4.34 Å². The summed E-state index contributed by atoms with van der Waals surface area (Å²) in [6.45, 7) is 0.821. The first-order valence-corrected chi connectivity index (χ1v) is 6.59. The zero-order chi connectivity index (χ0) is 13.3. The Bertz CT molecular complexity index is 490. The number of likely N-dealkylation sites (tertiary alicyclic amines) is 1. The van der Waals surface area contributed by atoms with E-state index in [-0.39, 0.29) is 27.4 Å². The Hall–Kier alpha value is -1.18. The highest BCUT2D eigenvalue weighted by Gasteiger charge is 2.27. The SMILES string of the molecule is O=C(c1cc([N+](=O)[O-])c(Cl)s1)N1CCCC(O)C1. The summed E-state index contributed by atoms with van der Waals surface area (Å²) in [5.41, 5.74) is -0.248. The third kappa shape index (κ3) is 2.63. The summed E-state index contributed by atoms with van der Waals surface area (Å²) in [7, 11) is 0. The number of rotatable bonds is 2. The molecule has 1 aliphatic heterocycles. The van der Waals surface area contributed by atoms with Gasteiger partial charge in [-0.05, 0) is 12.8 Å². The van der Waals surface area contributed by atoms with Crippen molar-refractivity contribution in [1.29, 1.82) is 0 Å². The van der Waals surface area contributed by atoms with Gasteiger partial charge in [0.25, 0.3) is 11.6 Å². The van der Waals surface area contributed by atoms with E-state index in [9.17, 15) is 20.0 Å². The van der Waals surface area contributed by atoms with Crippen molar-refractivity contribution in [1.82, 2.24) is 4.90 Å². The largest absolute Gasteiger partial charge is 0.391 e. The Labute approximate surface area is 112 Å². The van der Waals surface area contributed by atoms with Crippen molar-refractivity contribution in [3.8, 4) is 0 Å². The van der Waals surface area contributed by atoms with Crippen LogP contribution in [-0.4, -0.2) is 40.0 Å². The van der Waals surface area contributed by atoms with Gasteiger partial charge in [0.15, 0.2) is 4.34 Å². The summed E-state index contributed by atoms with van der Waals surface area (Å²) in [6.07, 6.45) is 0.886. The molecule has 0 bridgehead atoms. The van der Waals surface area contributed by atoms with Gasteiger partial charge in [0.2, 0.25) is 0 Å². The Morgan fingerprint density at radius 2 is 2.39 bits per heavy atom. The number of β-amino-alcohol motifs (C(OH)–C–C–N with tert-alkyl or cyclic N) is 1. The third-order valence-corrected chi connectivity index (χ3v) is 4.09. The van der Waals surface area contributed by atoms with E-state index in [0.717, 1.165) is 17.8 Å². The van der Waals surface area contributed by atoms with Crippen LogP contribution in [0.15, 0.2) is 6.07 Å². The minimum atomic E-state index is -0.610. The summed E-state index contributed by atoms with van der Waals surface area (Å²) < 4.78 is 0.000841. The molecule has 0 radical (unpaired) electrons. The fourth-order valence-electron chi connectivity index (χ4n) is 1.88. The molecule has 1 aliphatic rings. The number of halogens is 1. The van der Waals surface area contributed by atoms with Gasteiger partial charge in [0.05, 0.1) is 11.0 Å². The van der Waals surface area contributed by atoms with E-state index in [2.05, 4.69) is 0 Å². The first kappa shape index (κ1) is 13.3. The molecule has 0 saturated carbocycles. The highest BCUT2D eigenvalue weighted by molar-refractivity contribution is 7.18. The number of hydrogen-bond acceptors (Lipinski definition) is 5. The second-order valence-corrected chi connectivity index (χ2v) is 5.73. The van der Waals surface area contributed by atoms with Crippen molar-refractivity contribution >= 4 is 34.5 Å². The van der Waals surface area contributed by atoms with Crippen LogP contribution in [0.4, 0.5) is 5.69 Å². The first-order chi connectivity index (χ1) is 8.49. The fourth-order valence-corrected chi connectivity index (χ4v) is 3.08. The predicted molar refractivity (Wildman–Crippen MR) is 67.1 cm³/mol. The first-order valence-electron chi connectivity index (χ1n) is 5.40. The minimum absolute atomic E-state index is 0.000841. The number of nitro groups is 1. The molecule has 2 heterocycles. The van der Waals surface area contributed by atoms with Gasteiger partial charge < -0.3 is 10.0 Å². The number of aliphatic hydroxyl groups is 1. The van der Waals surface area contributed by atoms with Gasteiger partial charge in [-0.15, -0.1) is 11.3 Å². The standard InChI is InChI=1S/C10H11ClN2O4S/c11-9-7(13(16)17)4-8(18-9)10(15)12-3-1-2-6(14)5-12/h4,6,14H,1-3,5H2. The van der Waals surface area contributed by atoms with Crippen LogP contribution < -0.4 is 0 Å². The molecular weight excluding hydrogens is 280 g/mol. The molecule has 1 fully saturated rings. The van der Waals surface area contributed by atoms with Crippen LogP contribution in [0.1, 0.15) is 22.5 Å². The Morgan fingerprint density at radius 3 is 2.94 bits per heavy atom. The van der Waals surface area contributed by atoms with Crippen LogP contribution in [0, 0.1) is 10.1 Å². The van der Waals surface area contributed by atoms with Crippen LogP contribution in [0.3, 0.4) is 0 Å². The van der Waals surface area contributed by atoms with Gasteiger partial charge in [0.1, 0.15) is 4.88 Å². The second kappa shape index (κ2) is 5.21. The smallest absolute Gasteiger partial charge is 0.299 e. The molecule has 6 nitrogen and oxygen atoms in total. The zero-order valence-corrected chi connectivity index (χ0v) is 10.9. The van der Waals surface area contributed by atoms with Crippen LogP contribution in [-0.2, 0) is 0 Å². The van der Waals surface area contributed by atoms with Gasteiger partial charge in [-0.1, -0.05) is 11.6 Å². The molecule has 8 heteroatoms. The minimum Gasteiger partial charge on any atom is -0.391 e. The molecule has 0 aliphatic carbocycles. The molecule has 0 aromatic carbocycles. The highest BCUT2D eigenvalue weighted by atomic mass is 35.5. The normalized spacial score (nSPS) is 19.9. The molecular formula is C10H11ClN2O4S. The van der Waals surface area contributed by atoms with E-state index in [4.69, 9.17) is 11.6 Å². The van der Waals surface area contributed by atoms with Gasteiger partial charge in [-0.2, -0.15) is 0 Å². The molecule has 1 aromatic heterocycles. The molecule has 18 heavy (non-hydrogen) atoms. The lowest BCUT2D eigenvalue weighted by atomic mass is 10.1. The van der Waals surface area contributed by atoms with Gasteiger partial charge in [-0.25, -0.2) is 0 Å². The lowest BCUT2D eigenvalue weighted by Crippen LogP contribution is -2.41. The molecule has 1 atom stereocenters. The Kier molecular flexibility index (Phi) is 3.84. The van der Waals surface area contributed by atoms with Crippen molar-refractivity contribution in [2.75, 3.05) is 13.1 Å². The summed E-state index contributed by atoms with van der Waals surface area (Å²) in [6, 6.07) is 1.19. The summed E-state index contributed by atoms with van der Waals surface area (Å²) in [5, 5.41) is 20.1. The number of amides is 1. The summed E-state index contributed by atoms with van der Waals surface area (Å²) >= 11 is 6.60. The number of piperidine rings is 1. The number of hydrogen-bond donors (Lipinski definition) is 1. The highest BCUT2D eigenvalue weighted by Crippen LogP contribution is 2.34. The summed E-state index contributed by atoms with van der Waals surface area (Å²) in [4.78, 5) is 23.9. The van der Waals surface area contributed by atoms with E-state index in [0.29, 0.717) is 13.0 Å². The molecule has 2 rings (SSSR count). The van der Waals surface area contributed by atoms with Crippen molar-refractivity contribution in [3.63, 3.8) is 0 Å². The number of thiophene rings is 1. The molecule has 98 valence electrons. The quantitative estimate of drug-likeness (QED) is 0.666. The average molecular weight is 291 g/mol. The molecule has 1 aromatic rings. The topological polar surface area (TPSA) is 83.7 Å². The van der Waals surface area contributed by atoms with Crippen molar-refractivity contribution in [2.45, 2.75) is 18.9 Å². The van der Waals surface area contributed by atoms with E-state index in [1.54, 1.807) is 0 Å². The van der Waals surface area contributed by atoms with Crippen molar-refractivity contribution in [2.24, 2.45) is 0 Å². The molecule has 0 spiro atoms. The van der Waals surface area contributed by atoms with Crippen molar-refractivity contribution < 1.29 is 14.8 Å². The molecule has 1 unspecified atom stereocenters. The second-order valence-electron chi connectivity index (χ2n) is 4.07. The maximum Gasteiger partial charge on any atom is 0.299 e. The lowest BCUT2D eigenvalue weighted by molar-refractivity contribution is -0.384. The fraction of sp³-hybridized carbons (Fsp3) is 0.500. The Balaban J connectivity index is 2.18. The zero-order valence-electron chi connectivity index (χ0n) is 9.34. The number of aliphatic hydroxyl groups excluding tert-OH is 1. The van der Waals surface area contributed by atoms with E-state index in [1.165, 1.54) is 11.0 Å². The third-order valence-electron chi connectivity index (χ3n) is 2.76. The Morgan fingerprint density at radius 1 is 1.67 bits per heavy atom. The summed E-state index contributed by atoms with van der Waals surface area (Å²) in [5.74, 6) is -0.311. The van der Waals surface area contributed by atoms with Crippen LogP contribution in [0.5, 0.6) is 0 Å². The maximum atomic E-state index is 12.1. The maximum absolute atomic E-state index is 12.1. The molecule has 1 N–H and O–H groups in total. The van der Waals surface area contributed by atoms with Gasteiger partial charge >= 0.3 is 0 Å². The molecule has 1 saturated heterocycles.